The number of ether oxygens (including phenoxy) is 1. The van der Waals surface area contributed by atoms with Gasteiger partial charge in [-0.3, -0.25) is 19.1 Å². The standard InChI is InChI=1S/C40H41N7O5S/c1-52-35-12-7-28(21-41-35)37-42-22-31(53-37)23-44-17-13-32(34(24-44)27-5-3-2-4-6-27)38(49)45-19-15-40(51,16-20-45)25-46-26-43-36-33(39(46)50)14-18-47(36)29-8-10-30(48)11-9-29/h2-12,14,18,21-22,26,32,34,48,51H,13,15-17,19-20,23-25H2,1H3/t32-,34+/m1/s1. The number of benzene rings is 2. The number of aromatic hydroxyl groups is 1. The highest BCUT2D eigenvalue weighted by Crippen LogP contribution is 2.37. The molecule has 2 aliphatic rings. The lowest BCUT2D eigenvalue weighted by molar-refractivity contribution is -0.142. The van der Waals surface area contributed by atoms with Crippen molar-refractivity contribution in [3.63, 3.8) is 0 Å². The van der Waals surface area contributed by atoms with Crippen LogP contribution in [0.2, 0.25) is 0 Å². The first-order valence-corrected chi connectivity index (χ1v) is 18.7. The van der Waals surface area contributed by atoms with Crippen LogP contribution in [0.15, 0.2) is 103 Å². The smallest absolute Gasteiger partial charge is 0.262 e. The maximum absolute atomic E-state index is 14.2. The summed E-state index contributed by atoms with van der Waals surface area (Å²) >= 11 is 1.66. The van der Waals surface area contributed by atoms with Crippen LogP contribution in [0.4, 0.5) is 0 Å². The van der Waals surface area contributed by atoms with Gasteiger partial charge in [0.15, 0.2) is 5.65 Å². The fourth-order valence-corrected chi connectivity index (χ4v) is 8.65. The third kappa shape index (κ3) is 7.19. The molecule has 0 bridgehead atoms. The van der Waals surface area contributed by atoms with E-state index in [9.17, 15) is 19.8 Å². The number of nitrogens with zero attached hydrogens (tertiary/aromatic N) is 7. The zero-order chi connectivity index (χ0) is 36.5. The van der Waals surface area contributed by atoms with Crippen LogP contribution in [0, 0.1) is 5.92 Å². The van der Waals surface area contributed by atoms with E-state index in [1.165, 1.54) is 10.9 Å². The first-order valence-electron chi connectivity index (χ1n) is 17.9. The summed E-state index contributed by atoms with van der Waals surface area (Å²) in [7, 11) is 1.60. The van der Waals surface area contributed by atoms with Gasteiger partial charge in [-0.25, -0.2) is 15.0 Å². The summed E-state index contributed by atoms with van der Waals surface area (Å²) in [5.41, 5.74) is 2.01. The summed E-state index contributed by atoms with van der Waals surface area (Å²) in [6, 6.07) is 22.5. The van der Waals surface area contributed by atoms with Crippen LogP contribution in [0.1, 0.15) is 35.6 Å². The Kier molecular flexibility index (Phi) is 9.54. The molecule has 0 spiro atoms. The van der Waals surface area contributed by atoms with E-state index in [0.717, 1.165) is 52.8 Å². The lowest BCUT2D eigenvalue weighted by atomic mass is 9.79. The molecule has 12 nitrogen and oxygen atoms in total. The molecule has 8 rings (SSSR count). The van der Waals surface area contributed by atoms with Crippen LogP contribution in [0.25, 0.3) is 27.3 Å². The van der Waals surface area contributed by atoms with Gasteiger partial charge >= 0.3 is 0 Å². The highest BCUT2D eigenvalue weighted by molar-refractivity contribution is 7.15. The summed E-state index contributed by atoms with van der Waals surface area (Å²) in [5, 5.41) is 22.7. The molecule has 53 heavy (non-hydrogen) atoms. The molecular formula is C40H41N7O5S. The third-order valence-electron chi connectivity index (χ3n) is 10.6. The summed E-state index contributed by atoms with van der Waals surface area (Å²) in [5.74, 6) is 0.710. The zero-order valence-corrected chi connectivity index (χ0v) is 30.2. The van der Waals surface area contributed by atoms with E-state index in [-0.39, 0.29) is 35.6 Å². The Morgan fingerprint density at radius 3 is 2.49 bits per heavy atom. The molecular weight excluding hydrogens is 691 g/mol. The van der Waals surface area contributed by atoms with Crippen molar-refractivity contribution >= 4 is 28.3 Å². The predicted molar refractivity (Wildman–Crippen MR) is 202 cm³/mol. The average Bonchev–Trinajstić information content (AvgIpc) is 3.85. The minimum atomic E-state index is -1.15. The second kappa shape index (κ2) is 14.6. The molecule has 0 saturated carbocycles. The van der Waals surface area contributed by atoms with Crippen molar-refractivity contribution in [2.24, 2.45) is 5.92 Å². The van der Waals surface area contributed by atoms with Gasteiger partial charge in [-0.2, -0.15) is 0 Å². The number of likely N-dealkylation sites (tertiary alicyclic amines) is 2. The second-order valence-corrected chi connectivity index (χ2v) is 15.2. The molecule has 6 heterocycles. The number of carbonyl (C=O) groups excluding carboxylic acids is 1. The fourth-order valence-electron chi connectivity index (χ4n) is 7.70. The first-order chi connectivity index (χ1) is 25.8. The molecule has 6 aromatic rings. The SMILES string of the molecule is COc1ccc(-c2ncc(CN3CC[C@@H](C(=O)N4CCC(O)(Cn5cnc6c(ccn6-c6ccc(O)cc6)c5=O)CC4)[C@H](c4ccccc4)C3)s2)cn1. The minimum Gasteiger partial charge on any atom is -0.508 e. The molecule has 4 aromatic heterocycles. The lowest BCUT2D eigenvalue weighted by Crippen LogP contribution is -2.53. The number of phenolic OH excluding ortho intramolecular Hbond substituents is 1. The number of phenols is 1. The van der Waals surface area contributed by atoms with Gasteiger partial charge in [-0.05, 0) is 67.8 Å². The Hall–Kier alpha value is -5.37. The number of fused-ring (bicyclic) bond motifs is 1. The van der Waals surface area contributed by atoms with E-state index < -0.39 is 5.60 Å². The summed E-state index contributed by atoms with van der Waals surface area (Å²) in [6.45, 7) is 3.24. The average molecular weight is 732 g/mol. The van der Waals surface area contributed by atoms with Crippen molar-refractivity contribution in [1.29, 1.82) is 0 Å². The van der Waals surface area contributed by atoms with Crippen LogP contribution < -0.4 is 10.3 Å². The van der Waals surface area contributed by atoms with Crippen LogP contribution in [-0.2, 0) is 17.9 Å². The zero-order valence-electron chi connectivity index (χ0n) is 29.4. The van der Waals surface area contributed by atoms with Crippen molar-refractivity contribution in [1.82, 2.24) is 33.9 Å². The normalized spacial score (nSPS) is 19.0. The van der Waals surface area contributed by atoms with Gasteiger partial charge in [0, 0.05) is 78.8 Å². The highest BCUT2D eigenvalue weighted by Gasteiger charge is 2.41. The number of aromatic nitrogens is 5. The number of hydrogen-bond donors (Lipinski definition) is 2. The van der Waals surface area contributed by atoms with Crippen molar-refractivity contribution in [2.75, 3.05) is 33.3 Å². The van der Waals surface area contributed by atoms with Crippen molar-refractivity contribution in [3.05, 3.63) is 119 Å². The molecule has 2 fully saturated rings. The van der Waals surface area contributed by atoms with E-state index in [2.05, 4.69) is 32.0 Å². The molecule has 272 valence electrons. The Bertz CT molecular complexity index is 2260. The number of pyridine rings is 1. The summed E-state index contributed by atoms with van der Waals surface area (Å²) < 4.78 is 8.46. The molecule has 0 unspecified atom stereocenters. The van der Waals surface area contributed by atoms with Gasteiger partial charge < -0.3 is 24.4 Å². The highest BCUT2D eigenvalue weighted by atomic mass is 32.1. The van der Waals surface area contributed by atoms with Crippen LogP contribution in [-0.4, -0.2) is 88.9 Å². The first kappa shape index (κ1) is 34.7. The number of hydrogen-bond acceptors (Lipinski definition) is 10. The fraction of sp³-hybridized carbons (Fsp3) is 0.325. The van der Waals surface area contributed by atoms with Crippen molar-refractivity contribution < 1.29 is 19.7 Å². The molecule has 2 saturated heterocycles. The van der Waals surface area contributed by atoms with E-state index in [1.54, 1.807) is 65.7 Å². The van der Waals surface area contributed by atoms with Crippen LogP contribution in [0.5, 0.6) is 11.6 Å². The van der Waals surface area contributed by atoms with Gasteiger partial charge in [-0.1, -0.05) is 30.3 Å². The van der Waals surface area contributed by atoms with Gasteiger partial charge in [0.05, 0.1) is 24.6 Å². The Labute approximate surface area is 310 Å². The van der Waals surface area contributed by atoms with Crippen molar-refractivity contribution in [3.8, 4) is 27.9 Å². The third-order valence-corrected chi connectivity index (χ3v) is 11.7. The molecule has 1 amide bonds. The molecule has 13 heteroatoms. The van der Waals surface area contributed by atoms with Gasteiger partial charge in [0.25, 0.3) is 5.56 Å². The number of methoxy groups -OCH3 is 1. The van der Waals surface area contributed by atoms with Crippen LogP contribution in [0.3, 0.4) is 0 Å². The predicted octanol–water partition coefficient (Wildman–Crippen LogP) is 5.08. The number of aliphatic hydroxyl groups is 1. The molecule has 2 N–H and O–H groups in total. The van der Waals surface area contributed by atoms with Gasteiger partial charge in [0.2, 0.25) is 11.8 Å². The number of thiazole rings is 1. The van der Waals surface area contributed by atoms with E-state index in [1.807, 2.05) is 41.4 Å². The number of amides is 1. The molecule has 2 atom stereocenters. The lowest BCUT2D eigenvalue weighted by Gasteiger charge is -2.43. The van der Waals surface area contributed by atoms with Gasteiger partial charge in [0.1, 0.15) is 17.1 Å². The van der Waals surface area contributed by atoms with E-state index in [4.69, 9.17) is 4.74 Å². The number of carbonyl (C=O) groups is 1. The molecule has 2 aromatic carbocycles. The topological polar surface area (TPSA) is 139 Å². The van der Waals surface area contributed by atoms with Gasteiger partial charge in [-0.15, -0.1) is 11.3 Å². The largest absolute Gasteiger partial charge is 0.508 e. The monoisotopic (exact) mass is 731 g/mol. The molecule has 0 radical (unpaired) electrons. The summed E-state index contributed by atoms with van der Waals surface area (Å²) in [6.07, 6.45) is 8.44. The number of rotatable bonds is 9. The summed E-state index contributed by atoms with van der Waals surface area (Å²) in [4.78, 5) is 46.8. The minimum absolute atomic E-state index is 0.0294. The molecule has 2 aliphatic heterocycles. The quantitative estimate of drug-likeness (QED) is 0.209. The van der Waals surface area contributed by atoms with E-state index >= 15 is 0 Å². The second-order valence-electron chi connectivity index (χ2n) is 14.0. The maximum Gasteiger partial charge on any atom is 0.262 e. The maximum atomic E-state index is 14.2. The van der Waals surface area contributed by atoms with Crippen LogP contribution >= 0.6 is 11.3 Å². The molecule has 0 aliphatic carbocycles. The Balaban J connectivity index is 0.922. The number of piperidine rings is 2. The Morgan fingerprint density at radius 1 is 0.962 bits per heavy atom. The Morgan fingerprint density at radius 2 is 1.75 bits per heavy atom. The van der Waals surface area contributed by atoms with E-state index in [0.29, 0.717) is 42.8 Å². The van der Waals surface area contributed by atoms with Crippen molar-refractivity contribution in [2.45, 2.75) is 43.9 Å².